The summed E-state index contributed by atoms with van der Waals surface area (Å²) in [7, 11) is 1.75. The Hall–Kier alpha value is -2.77. The van der Waals surface area contributed by atoms with Crippen molar-refractivity contribution in [1.29, 1.82) is 0 Å². The van der Waals surface area contributed by atoms with Crippen LogP contribution in [0.25, 0.3) is 51.7 Å². The summed E-state index contributed by atoms with van der Waals surface area (Å²) in [6, 6.07) is 25.7. The Balaban J connectivity index is 1.43. The Morgan fingerprint density at radius 1 is 0.800 bits per heavy atom. The van der Waals surface area contributed by atoms with E-state index in [9.17, 15) is 5.11 Å². The molecule has 0 fully saturated rings. The number of thiophene rings is 1. The van der Waals surface area contributed by atoms with E-state index < -0.39 is 11.2 Å². The van der Waals surface area contributed by atoms with Gasteiger partial charge in [0, 0.05) is 25.7 Å². The molecule has 0 atom stereocenters. The summed E-state index contributed by atoms with van der Waals surface area (Å²) in [4.78, 5) is 5.10. The number of rotatable bonds is 5. The fraction of sp³-hybridized carbons (Fsp3) is 0.207. The molecule has 4 aromatic carbocycles. The highest BCUT2D eigenvalue weighted by Crippen LogP contribution is 2.42. The van der Waals surface area contributed by atoms with Crippen LogP contribution in [0.3, 0.4) is 0 Å². The molecule has 1 N–H and O–H groups in total. The standard InChI is InChI=1S/C29H25BNO2S2/c1-28(2,32)29(3,4)33-30-18-13-15-23-22(16-18)20-10-7-11-21(26(20)34-23)27-31-25-19-9-6-5-8-17(19)12-14-24(25)35-27/h5-16,32H,1-4H3. The van der Waals surface area contributed by atoms with Crippen molar-refractivity contribution in [2.45, 2.75) is 38.9 Å². The van der Waals surface area contributed by atoms with Crippen molar-refractivity contribution in [1.82, 2.24) is 4.98 Å². The third kappa shape index (κ3) is 3.85. The third-order valence-electron chi connectivity index (χ3n) is 7.00. The number of thiazole rings is 1. The van der Waals surface area contributed by atoms with Gasteiger partial charge in [-0.15, -0.1) is 22.7 Å². The Labute approximate surface area is 213 Å². The minimum Gasteiger partial charge on any atom is -0.427 e. The molecule has 0 amide bonds. The number of fused-ring (bicyclic) bond motifs is 6. The highest BCUT2D eigenvalue weighted by Gasteiger charge is 2.35. The van der Waals surface area contributed by atoms with E-state index in [-0.39, 0.29) is 0 Å². The van der Waals surface area contributed by atoms with Gasteiger partial charge in [-0.3, -0.25) is 0 Å². The van der Waals surface area contributed by atoms with Gasteiger partial charge in [-0.1, -0.05) is 66.1 Å². The average molecular weight is 494 g/mol. The van der Waals surface area contributed by atoms with E-state index in [2.05, 4.69) is 72.8 Å². The van der Waals surface area contributed by atoms with Gasteiger partial charge in [0.25, 0.3) is 0 Å². The quantitative estimate of drug-likeness (QED) is 0.256. The second-order valence-corrected chi connectivity index (χ2v) is 12.1. The molecule has 6 rings (SSSR count). The van der Waals surface area contributed by atoms with E-state index in [1.54, 1.807) is 44.0 Å². The van der Waals surface area contributed by atoms with Crippen molar-refractivity contribution in [2.75, 3.05) is 0 Å². The van der Waals surface area contributed by atoms with E-state index in [4.69, 9.17) is 9.64 Å². The largest absolute Gasteiger partial charge is 0.427 e. The molecule has 35 heavy (non-hydrogen) atoms. The lowest BCUT2D eigenvalue weighted by atomic mass is 9.82. The van der Waals surface area contributed by atoms with Crippen LogP contribution in [0.15, 0.2) is 72.8 Å². The van der Waals surface area contributed by atoms with E-state index in [1.165, 1.54) is 41.2 Å². The topological polar surface area (TPSA) is 42.4 Å². The molecular weight excluding hydrogens is 469 g/mol. The maximum Gasteiger partial charge on any atom is 0.330 e. The smallest absolute Gasteiger partial charge is 0.330 e. The zero-order valence-electron chi connectivity index (χ0n) is 20.1. The van der Waals surface area contributed by atoms with E-state index in [0.29, 0.717) is 0 Å². The van der Waals surface area contributed by atoms with Crippen LogP contribution in [0.5, 0.6) is 0 Å². The molecule has 1 radical (unpaired) electrons. The first-order chi connectivity index (χ1) is 16.7. The Morgan fingerprint density at radius 2 is 1.57 bits per heavy atom. The summed E-state index contributed by atoms with van der Waals surface area (Å²) >= 11 is 3.56. The molecule has 0 aliphatic rings. The van der Waals surface area contributed by atoms with Crippen molar-refractivity contribution in [3.8, 4) is 10.6 Å². The predicted molar refractivity (Wildman–Crippen MR) is 152 cm³/mol. The van der Waals surface area contributed by atoms with Gasteiger partial charge in [0.2, 0.25) is 0 Å². The maximum atomic E-state index is 10.4. The highest BCUT2D eigenvalue weighted by atomic mass is 32.1. The van der Waals surface area contributed by atoms with Crippen LogP contribution in [-0.4, -0.2) is 28.8 Å². The summed E-state index contributed by atoms with van der Waals surface area (Å²) in [5, 5.41) is 16.3. The van der Waals surface area contributed by atoms with Gasteiger partial charge in [0.05, 0.1) is 21.4 Å². The number of hydrogen-bond donors (Lipinski definition) is 1. The first kappa shape index (κ1) is 22.7. The first-order valence-electron chi connectivity index (χ1n) is 11.7. The third-order valence-corrected chi connectivity index (χ3v) is 9.27. The molecule has 3 nitrogen and oxygen atoms in total. The monoisotopic (exact) mass is 494 g/mol. The molecule has 173 valence electrons. The van der Waals surface area contributed by atoms with Gasteiger partial charge in [-0.2, -0.15) is 0 Å². The maximum absolute atomic E-state index is 10.4. The van der Waals surface area contributed by atoms with Crippen LogP contribution in [0, 0.1) is 0 Å². The Morgan fingerprint density at radius 3 is 2.40 bits per heavy atom. The van der Waals surface area contributed by atoms with Crippen LogP contribution < -0.4 is 5.46 Å². The average Bonchev–Trinajstić information content (AvgIpc) is 3.43. The summed E-state index contributed by atoms with van der Waals surface area (Å²) in [6.45, 7) is 7.33. The van der Waals surface area contributed by atoms with Gasteiger partial charge >= 0.3 is 7.48 Å². The molecule has 0 aliphatic carbocycles. The van der Waals surface area contributed by atoms with E-state index >= 15 is 0 Å². The Kier molecular flexibility index (Phi) is 5.27. The zero-order valence-corrected chi connectivity index (χ0v) is 21.8. The van der Waals surface area contributed by atoms with Crippen molar-refractivity contribution < 1.29 is 9.76 Å². The molecule has 6 aromatic rings. The van der Waals surface area contributed by atoms with E-state index in [0.717, 1.165) is 16.0 Å². The molecule has 0 unspecified atom stereocenters. The summed E-state index contributed by atoms with van der Waals surface area (Å²) in [5.74, 6) is 0. The lowest BCUT2D eigenvalue weighted by Crippen LogP contribution is -2.49. The minimum atomic E-state index is -0.958. The predicted octanol–water partition coefficient (Wildman–Crippen LogP) is 7.30. The number of aliphatic hydroxyl groups is 1. The normalized spacial score (nSPS) is 12.8. The van der Waals surface area contributed by atoms with Crippen LogP contribution in [0.1, 0.15) is 27.7 Å². The molecule has 2 aromatic heterocycles. The number of hydrogen-bond acceptors (Lipinski definition) is 5. The summed E-state index contributed by atoms with van der Waals surface area (Å²) in [5.41, 5.74) is 1.57. The summed E-state index contributed by atoms with van der Waals surface area (Å²) < 4.78 is 9.69. The fourth-order valence-electron chi connectivity index (χ4n) is 4.19. The molecule has 0 saturated carbocycles. The van der Waals surface area contributed by atoms with E-state index in [1.807, 2.05) is 13.8 Å². The number of benzene rings is 4. The van der Waals surface area contributed by atoms with Gasteiger partial charge in [0.1, 0.15) is 5.01 Å². The van der Waals surface area contributed by atoms with Gasteiger partial charge in [-0.05, 0) is 50.6 Å². The SMILES string of the molecule is CC(C)(O)C(C)(C)O[B]c1ccc2sc3c(-c4nc5c(ccc6ccccc65)s4)cccc3c2c1. The highest BCUT2D eigenvalue weighted by molar-refractivity contribution is 7.27. The fourth-order valence-corrected chi connectivity index (χ4v) is 6.47. The zero-order chi connectivity index (χ0) is 24.4. The van der Waals surface area contributed by atoms with Crippen LogP contribution in [0.4, 0.5) is 0 Å². The van der Waals surface area contributed by atoms with Crippen molar-refractivity contribution in [2.24, 2.45) is 0 Å². The second-order valence-electron chi connectivity index (χ2n) is 10.00. The van der Waals surface area contributed by atoms with Crippen LogP contribution >= 0.6 is 22.7 Å². The number of nitrogens with zero attached hydrogens (tertiary/aromatic N) is 1. The van der Waals surface area contributed by atoms with Gasteiger partial charge < -0.3 is 9.76 Å². The molecule has 2 heterocycles. The molecule has 0 saturated heterocycles. The van der Waals surface area contributed by atoms with Gasteiger partial charge in [-0.25, -0.2) is 4.98 Å². The molecule has 0 spiro atoms. The van der Waals surface area contributed by atoms with Crippen molar-refractivity contribution in [3.05, 3.63) is 72.8 Å². The van der Waals surface area contributed by atoms with Crippen LogP contribution in [-0.2, 0) is 4.65 Å². The molecular formula is C29H25BNO2S2. The lowest BCUT2D eigenvalue weighted by Gasteiger charge is -2.37. The molecule has 0 aliphatic heterocycles. The Bertz CT molecular complexity index is 1730. The lowest BCUT2D eigenvalue weighted by molar-refractivity contribution is -0.0893. The summed E-state index contributed by atoms with van der Waals surface area (Å²) in [6.07, 6.45) is 0. The van der Waals surface area contributed by atoms with Crippen LogP contribution in [0.2, 0.25) is 0 Å². The number of aromatic nitrogens is 1. The minimum absolute atomic E-state index is 0.705. The van der Waals surface area contributed by atoms with Crippen molar-refractivity contribution >= 4 is 76.8 Å². The molecule has 6 heteroatoms. The van der Waals surface area contributed by atoms with Crippen molar-refractivity contribution in [3.63, 3.8) is 0 Å². The molecule has 0 bridgehead atoms. The first-order valence-corrected chi connectivity index (χ1v) is 13.3. The second kappa shape index (κ2) is 8.14. The van der Waals surface area contributed by atoms with Gasteiger partial charge in [0.15, 0.2) is 0 Å².